The van der Waals surface area contributed by atoms with Crippen LogP contribution in [0.25, 0.3) is 0 Å². The van der Waals surface area contributed by atoms with E-state index in [1.165, 1.54) is 6.92 Å². The second-order valence-corrected chi connectivity index (χ2v) is 3.52. The summed E-state index contributed by atoms with van der Waals surface area (Å²) in [5, 5.41) is 0. The van der Waals surface area contributed by atoms with Gasteiger partial charge < -0.3 is 18.9 Å². The Kier molecular flexibility index (Phi) is 1.45. The van der Waals surface area contributed by atoms with Crippen molar-refractivity contribution in [2.45, 2.75) is 37.6 Å². The summed E-state index contributed by atoms with van der Waals surface area (Å²) in [7, 11) is 0. The summed E-state index contributed by atoms with van der Waals surface area (Å²) >= 11 is 0. The number of ether oxygens (including phenoxy) is 4. The fourth-order valence-corrected chi connectivity index (χ4v) is 2.15. The first kappa shape index (κ1) is 7.73. The molecule has 0 radical (unpaired) electrons. The Morgan fingerprint density at radius 1 is 1.38 bits per heavy atom. The minimum absolute atomic E-state index is 0.0330. The van der Waals surface area contributed by atoms with E-state index in [1.54, 1.807) is 0 Å². The van der Waals surface area contributed by atoms with Gasteiger partial charge in [-0.25, -0.2) is 0 Å². The predicted molar refractivity (Wildman–Crippen MR) is 38.8 cm³/mol. The van der Waals surface area contributed by atoms with Gasteiger partial charge in [0.2, 0.25) is 0 Å². The van der Waals surface area contributed by atoms with Gasteiger partial charge in [0.25, 0.3) is 0 Å². The molecule has 5 atom stereocenters. The predicted octanol–water partition coefficient (Wildman–Crippen LogP) is -0.559. The van der Waals surface area contributed by atoms with Crippen molar-refractivity contribution in [1.82, 2.24) is 0 Å². The van der Waals surface area contributed by atoms with Gasteiger partial charge in [0.1, 0.15) is 18.3 Å². The number of fused-ring (bicyclic) bond motifs is 1. The van der Waals surface area contributed by atoms with Gasteiger partial charge in [0, 0.05) is 6.92 Å². The number of esters is 1. The van der Waals surface area contributed by atoms with Crippen LogP contribution in [0.15, 0.2) is 0 Å². The molecule has 0 unspecified atom stereocenters. The molecule has 3 aliphatic rings. The van der Waals surface area contributed by atoms with Crippen LogP contribution in [-0.2, 0) is 23.7 Å². The molecule has 0 aromatic carbocycles. The zero-order valence-electron chi connectivity index (χ0n) is 7.14. The van der Waals surface area contributed by atoms with E-state index in [9.17, 15) is 4.79 Å². The molecular formula is C8H10O5. The van der Waals surface area contributed by atoms with Crippen molar-refractivity contribution in [2.75, 3.05) is 6.61 Å². The molecule has 72 valence electrons. The maximum atomic E-state index is 10.8. The number of hydrogen-bond donors (Lipinski definition) is 0. The topological polar surface area (TPSA) is 54.0 Å². The summed E-state index contributed by atoms with van der Waals surface area (Å²) < 4.78 is 21.4. The molecule has 3 fully saturated rings. The molecule has 2 bridgehead atoms. The van der Waals surface area contributed by atoms with Crippen LogP contribution in [0.5, 0.6) is 0 Å². The summed E-state index contributed by atoms with van der Waals surface area (Å²) in [5.74, 6) is -0.322. The zero-order chi connectivity index (χ0) is 9.00. The van der Waals surface area contributed by atoms with Gasteiger partial charge in [-0.05, 0) is 0 Å². The quantitative estimate of drug-likeness (QED) is 0.514. The van der Waals surface area contributed by atoms with Crippen molar-refractivity contribution in [3.63, 3.8) is 0 Å². The Morgan fingerprint density at radius 2 is 2.23 bits per heavy atom. The highest BCUT2D eigenvalue weighted by molar-refractivity contribution is 5.66. The summed E-state index contributed by atoms with van der Waals surface area (Å²) in [5.41, 5.74) is 0. The minimum atomic E-state index is -0.411. The lowest BCUT2D eigenvalue weighted by molar-refractivity contribution is -0.167. The molecular weight excluding hydrogens is 176 g/mol. The third-order valence-electron chi connectivity index (χ3n) is 2.64. The van der Waals surface area contributed by atoms with Crippen LogP contribution in [-0.4, -0.2) is 43.3 Å². The summed E-state index contributed by atoms with van der Waals surface area (Å²) in [4.78, 5) is 10.8. The second-order valence-electron chi connectivity index (χ2n) is 3.52. The Balaban J connectivity index is 1.80. The van der Waals surface area contributed by atoms with Crippen LogP contribution >= 0.6 is 0 Å². The molecule has 0 N–H and O–H groups in total. The third kappa shape index (κ3) is 0.948. The second kappa shape index (κ2) is 2.43. The van der Waals surface area contributed by atoms with Crippen molar-refractivity contribution in [1.29, 1.82) is 0 Å². The van der Waals surface area contributed by atoms with E-state index in [0.29, 0.717) is 6.61 Å². The molecule has 3 saturated heterocycles. The van der Waals surface area contributed by atoms with Crippen molar-refractivity contribution in [3.05, 3.63) is 0 Å². The average Bonchev–Trinajstić information content (AvgIpc) is 2.60. The largest absolute Gasteiger partial charge is 0.454 e. The van der Waals surface area contributed by atoms with E-state index >= 15 is 0 Å². The standard InChI is InChI=1S/C8H10O5/c1-3(9)11-7-6-5-4(2-10-6)12-8(7)13-5/h4-8H,2H2,1H3/t4-,5-,6+,7-,8-/m1/s1. The Bertz CT molecular complexity index is 251. The Hall–Kier alpha value is -0.650. The van der Waals surface area contributed by atoms with Crippen LogP contribution in [0, 0.1) is 0 Å². The highest BCUT2D eigenvalue weighted by Crippen LogP contribution is 2.41. The van der Waals surface area contributed by atoms with Gasteiger partial charge >= 0.3 is 5.97 Å². The molecule has 0 aromatic rings. The first-order valence-corrected chi connectivity index (χ1v) is 4.35. The van der Waals surface area contributed by atoms with Gasteiger partial charge in [0.15, 0.2) is 12.4 Å². The maximum absolute atomic E-state index is 10.8. The molecule has 13 heavy (non-hydrogen) atoms. The van der Waals surface area contributed by atoms with E-state index in [4.69, 9.17) is 18.9 Å². The first-order chi connectivity index (χ1) is 6.25. The number of hydrogen-bond acceptors (Lipinski definition) is 5. The van der Waals surface area contributed by atoms with E-state index in [-0.39, 0.29) is 30.4 Å². The molecule has 5 heteroatoms. The van der Waals surface area contributed by atoms with Crippen LogP contribution in [0.2, 0.25) is 0 Å². The van der Waals surface area contributed by atoms with Gasteiger partial charge in [-0.1, -0.05) is 0 Å². The lowest BCUT2D eigenvalue weighted by atomic mass is 10.1. The van der Waals surface area contributed by atoms with Crippen molar-refractivity contribution >= 4 is 5.97 Å². The fraction of sp³-hybridized carbons (Fsp3) is 0.875. The van der Waals surface area contributed by atoms with Gasteiger partial charge in [0.05, 0.1) is 6.61 Å². The minimum Gasteiger partial charge on any atom is -0.454 e. The molecule has 5 nitrogen and oxygen atoms in total. The third-order valence-corrected chi connectivity index (χ3v) is 2.64. The molecule has 3 rings (SSSR count). The first-order valence-electron chi connectivity index (χ1n) is 4.35. The maximum Gasteiger partial charge on any atom is 0.303 e. The Labute approximate surface area is 74.9 Å². The molecule has 3 aliphatic heterocycles. The SMILES string of the molecule is CC(=O)O[C@H]1[C@H]2O[C@H]3[C@@H]1OC[C@H]3O2. The van der Waals surface area contributed by atoms with E-state index in [1.807, 2.05) is 0 Å². The van der Waals surface area contributed by atoms with Gasteiger partial charge in [-0.15, -0.1) is 0 Å². The van der Waals surface area contributed by atoms with E-state index in [2.05, 4.69) is 0 Å². The van der Waals surface area contributed by atoms with Crippen molar-refractivity contribution in [2.24, 2.45) is 0 Å². The van der Waals surface area contributed by atoms with Crippen LogP contribution in [0.3, 0.4) is 0 Å². The van der Waals surface area contributed by atoms with E-state index in [0.717, 1.165) is 0 Å². The van der Waals surface area contributed by atoms with E-state index < -0.39 is 6.29 Å². The highest BCUT2D eigenvalue weighted by Gasteiger charge is 2.61. The Morgan fingerprint density at radius 3 is 3.00 bits per heavy atom. The monoisotopic (exact) mass is 186 g/mol. The zero-order valence-corrected chi connectivity index (χ0v) is 7.14. The summed E-state index contributed by atoms with van der Waals surface area (Å²) in [6, 6.07) is 0. The van der Waals surface area contributed by atoms with Crippen LogP contribution in [0.4, 0.5) is 0 Å². The highest BCUT2D eigenvalue weighted by atomic mass is 16.8. The van der Waals surface area contributed by atoms with Gasteiger partial charge in [-0.2, -0.15) is 0 Å². The molecule has 0 amide bonds. The fourth-order valence-electron chi connectivity index (χ4n) is 2.15. The van der Waals surface area contributed by atoms with Crippen LogP contribution < -0.4 is 0 Å². The number of rotatable bonds is 1. The molecule has 0 saturated carbocycles. The molecule has 0 aliphatic carbocycles. The lowest BCUT2D eigenvalue weighted by Gasteiger charge is -2.22. The average molecular weight is 186 g/mol. The smallest absolute Gasteiger partial charge is 0.303 e. The normalized spacial score (nSPS) is 51.3. The number of carbonyl (C=O) groups excluding carboxylic acids is 1. The lowest BCUT2D eigenvalue weighted by Crippen LogP contribution is -2.42. The summed E-state index contributed by atoms with van der Waals surface area (Å²) in [6.45, 7) is 1.92. The van der Waals surface area contributed by atoms with Crippen molar-refractivity contribution < 1.29 is 23.7 Å². The summed E-state index contributed by atoms with van der Waals surface area (Å²) in [6.07, 6.45) is -0.892. The van der Waals surface area contributed by atoms with Crippen LogP contribution in [0.1, 0.15) is 6.92 Å². The molecule has 3 heterocycles. The van der Waals surface area contributed by atoms with Crippen molar-refractivity contribution in [3.8, 4) is 0 Å². The van der Waals surface area contributed by atoms with Gasteiger partial charge in [-0.3, -0.25) is 4.79 Å². The molecule has 0 aromatic heterocycles. The number of carbonyl (C=O) groups is 1. The molecule has 0 spiro atoms.